The molecule has 7 heteroatoms. The van der Waals surface area contributed by atoms with Crippen molar-refractivity contribution in [2.75, 3.05) is 25.5 Å². The lowest BCUT2D eigenvalue weighted by Crippen LogP contribution is -2.49. The highest BCUT2D eigenvalue weighted by Crippen LogP contribution is 2.28. The van der Waals surface area contributed by atoms with Crippen molar-refractivity contribution in [1.29, 1.82) is 0 Å². The summed E-state index contributed by atoms with van der Waals surface area (Å²) in [6.07, 6.45) is 0.729. The van der Waals surface area contributed by atoms with Gasteiger partial charge >= 0.3 is 12.0 Å². The summed E-state index contributed by atoms with van der Waals surface area (Å²) in [5.74, 6) is -0.501. The maximum Gasteiger partial charge on any atom is 0.327 e. The molecular formula is C11H20N2O4S. The Labute approximate surface area is 111 Å². The van der Waals surface area contributed by atoms with Gasteiger partial charge in [0.15, 0.2) is 0 Å². The molecule has 0 aromatic heterocycles. The van der Waals surface area contributed by atoms with E-state index in [1.165, 1.54) is 16.7 Å². The molecule has 18 heavy (non-hydrogen) atoms. The van der Waals surface area contributed by atoms with E-state index < -0.39 is 12.0 Å². The molecule has 0 saturated carbocycles. The Morgan fingerprint density at radius 1 is 1.56 bits per heavy atom. The van der Waals surface area contributed by atoms with E-state index >= 15 is 0 Å². The van der Waals surface area contributed by atoms with E-state index in [9.17, 15) is 9.59 Å². The Hall–Kier alpha value is -0.950. The van der Waals surface area contributed by atoms with Crippen LogP contribution in [0.1, 0.15) is 20.3 Å². The van der Waals surface area contributed by atoms with Crippen molar-refractivity contribution in [2.24, 2.45) is 0 Å². The van der Waals surface area contributed by atoms with E-state index in [0.29, 0.717) is 25.5 Å². The Bertz CT molecular complexity index is 301. The average molecular weight is 276 g/mol. The largest absolute Gasteiger partial charge is 0.480 e. The van der Waals surface area contributed by atoms with Crippen LogP contribution >= 0.6 is 11.8 Å². The number of ether oxygens (including phenoxy) is 1. The van der Waals surface area contributed by atoms with Gasteiger partial charge in [0.25, 0.3) is 0 Å². The van der Waals surface area contributed by atoms with Crippen LogP contribution in [0.5, 0.6) is 0 Å². The molecule has 1 rings (SSSR count). The van der Waals surface area contributed by atoms with Crippen LogP contribution in [0, 0.1) is 0 Å². The third kappa shape index (κ3) is 4.06. The quantitative estimate of drug-likeness (QED) is 0.707. The molecule has 2 N–H and O–H groups in total. The highest BCUT2D eigenvalue weighted by molar-refractivity contribution is 8.00. The van der Waals surface area contributed by atoms with Crippen molar-refractivity contribution in [2.45, 2.75) is 31.7 Å². The maximum atomic E-state index is 11.9. The van der Waals surface area contributed by atoms with E-state index in [1.54, 1.807) is 0 Å². The standard InChI is InChI=1S/C11H20N2O4S/c1-3-17-6-4-5-12-11(16)13-8(2)18-7-9(13)10(14)15/h8-9H,3-7H2,1-2H3,(H,12,16)(H,14,15). The maximum absolute atomic E-state index is 11.9. The number of aliphatic carboxylic acids is 1. The molecule has 0 radical (unpaired) electrons. The lowest BCUT2D eigenvalue weighted by molar-refractivity contribution is -0.141. The second-order valence-electron chi connectivity index (χ2n) is 3.98. The minimum atomic E-state index is -0.948. The number of amides is 2. The Balaban J connectivity index is 2.37. The molecular weight excluding hydrogens is 256 g/mol. The lowest BCUT2D eigenvalue weighted by Gasteiger charge is -2.25. The molecule has 0 aliphatic carbocycles. The van der Waals surface area contributed by atoms with Crippen molar-refractivity contribution in [3.8, 4) is 0 Å². The molecule has 0 bridgehead atoms. The van der Waals surface area contributed by atoms with Gasteiger partial charge in [-0.05, 0) is 20.3 Å². The van der Waals surface area contributed by atoms with E-state index in [2.05, 4.69) is 5.32 Å². The highest BCUT2D eigenvalue weighted by atomic mass is 32.2. The number of rotatable bonds is 6. The summed E-state index contributed by atoms with van der Waals surface area (Å²) in [6, 6.07) is -1.03. The van der Waals surface area contributed by atoms with Crippen LogP contribution in [0.15, 0.2) is 0 Å². The van der Waals surface area contributed by atoms with E-state index in [4.69, 9.17) is 9.84 Å². The van der Waals surface area contributed by atoms with Crippen molar-refractivity contribution in [1.82, 2.24) is 10.2 Å². The molecule has 2 atom stereocenters. The van der Waals surface area contributed by atoms with Gasteiger partial charge < -0.3 is 15.2 Å². The van der Waals surface area contributed by atoms with Crippen LogP contribution in [0.2, 0.25) is 0 Å². The number of carboxylic acids is 1. The van der Waals surface area contributed by atoms with Crippen LogP contribution in [0.25, 0.3) is 0 Å². The van der Waals surface area contributed by atoms with Gasteiger partial charge in [-0.15, -0.1) is 11.8 Å². The van der Waals surface area contributed by atoms with Crippen molar-refractivity contribution in [3.05, 3.63) is 0 Å². The van der Waals surface area contributed by atoms with Crippen LogP contribution in [0.3, 0.4) is 0 Å². The number of hydrogen-bond donors (Lipinski definition) is 2. The van der Waals surface area contributed by atoms with Gasteiger partial charge in [-0.3, -0.25) is 4.90 Å². The van der Waals surface area contributed by atoms with E-state index in [0.717, 1.165) is 6.42 Å². The molecule has 1 heterocycles. The lowest BCUT2D eigenvalue weighted by atomic mass is 10.3. The van der Waals surface area contributed by atoms with Gasteiger partial charge in [0.1, 0.15) is 6.04 Å². The third-order valence-electron chi connectivity index (χ3n) is 2.69. The first-order chi connectivity index (χ1) is 8.57. The smallest absolute Gasteiger partial charge is 0.327 e. The van der Waals surface area contributed by atoms with Crippen LogP contribution in [0.4, 0.5) is 4.79 Å². The molecule has 6 nitrogen and oxygen atoms in total. The van der Waals surface area contributed by atoms with Gasteiger partial charge in [-0.1, -0.05) is 0 Å². The fourth-order valence-corrected chi connectivity index (χ4v) is 2.91. The van der Waals surface area contributed by atoms with Gasteiger partial charge in [-0.2, -0.15) is 0 Å². The minimum absolute atomic E-state index is 0.0991. The van der Waals surface area contributed by atoms with Crippen LogP contribution in [-0.4, -0.2) is 58.9 Å². The average Bonchev–Trinajstić information content (AvgIpc) is 2.71. The number of carbonyl (C=O) groups excluding carboxylic acids is 1. The summed E-state index contributed by atoms with van der Waals surface area (Å²) in [4.78, 5) is 24.3. The minimum Gasteiger partial charge on any atom is -0.480 e. The molecule has 1 aliphatic rings. The molecule has 1 aliphatic heterocycles. The summed E-state index contributed by atoms with van der Waals surface area (Å²) in [7, 11) is 0. The zero-order chi connectivity index (χ0) is 13.5. The van der Waals surface area contributed by atoms with E-state index in [-0.39, 0.29) is 11.4 Å². The zero-order valence-electron chi connectivity index (χ0n) is 10.7. The first-order valence-electron chi connectivity index (χ1n) is 6.06. The Kier molecular flexibility index (Phi) is 6.28. The first-order valence-corrected chi connectivity index (χ1v) is 7.11. The van der Waals surface area contributed by atoms with Gasteiger partial charge in [0, 0.05) is 25.5 Å². The second-order valence-corrected chi connectivity index (χ2v) is 5.33. The first kappa shape index (κ1) is 15.1. The van der Waals surface area contributed by atoms with Crippen molar-refractivity contribution >= 4 is 23.8 Å². The van der Waals surface area contributed by atoms with E-state index in [1.807, 2.05) is 13.8 Å². The monoisotopic (exact) mass is 276 g/mol. The molecule has 0 aromatic rings. The molecule has 0 spiro atoms. The fourth-order valence-electron chi connectivity index (χ4n) is 1.75. The number of urea groups is 1. The summed E-state index contributed by atoms with van der Waals surface area (Å²) in [5.41, 5.74) is 0. The number of nitrogens with one attached hydrogen (secondary N) is 1. The Morgan fingerprint density at radius 3 is 2.89 bits per heavy atom. The van der Waals surface area contributed by atoms with Crippen molar-refractivity contribution < 1.29 is 19.4 Å². The molecule has 2 unspecified atom stereocenters. The SMILES string of the molecule is CCOCCCNC(=O)N1C(C)SCC1C(=O)O. The second kappa shape index (κ2) is 7.48. The molecule has 0 aromatic carbocycles. The number of nitrogens with zero attached hydrogens (tertiary/aromatic N) is 1. The third-order valence-corrected chi connectivity index (χ3v) is 3.91. The summed E-state index contributed by atoms with van der Waals surface area (Å²) in [5, 5.41) is 11.7. The van der Waals surface area contributed by atoms with Crippen molar-refractivity contribution in [3.63, 3.8) is 0 Å². The number of carboxylic acid groups (broad SMARTS) is 1. The number of thioether (sulfide) groups is 1. The highest BCUT2D eigenvalue weighted by Gasteiger charge is 2.39. The topological polar surface area (TPSA) is 78.9 Å². The predicted molar refractivity (Wildman–Crippen MR) is 69.7 cm³/mol. The predicted octanol–water partition coefficient (Wildman–Crippen LogP) is 0.971. The Morgan fingerprint density at radius 2 is 2.28 bits per heavy atom. The van der Waals surface area contributed by atoms with Crippen LogP contribution in [-0.2, 0) is 9.53 Å². The normalized spacial score (nSPS) is 23.1. The van der Waals surface area contributed by atoms with Gasteiger partial charge in [0.05, 0.1) is 5.37 Å². The number of carbonyl (C=O) groups is 2. The summed E-state index contributed by atoms with van der Waals surface area (Å²) >= 11 is 1.48. The number of hydrogen-bond acceptors (Lipinski definition) is 4. The zero-order valence-corrected chi connectivity index (χ0v) is 11.5. The van der Waals surface area contributed by atoms with Crippen LogP contribution < -0.4 is 5.32 Å². The van der Waals surface area contributed by atoms with Gasteiger partial charge in [-0.25, -0.2) is 9.59 Å². The molecule has 2 amide bonds. The summed E-state index contributed by atoms with van der Waals surface area (Å²) < 4.78 is 5.16. The fraction of sp³-hybridized carbons (Fsp3) is 0.818. The molecule has 1 fully saturated rings. The summed E-state index contributed by atoms with van der Waals surface area (Å²) in [6.45, 7) is 5.52. The van der Waals surface area contributed by atoms with Gasteiger partial charge in [0.2, 0.25) is 0 Å². The molecule has 1 saturated heterocycles. The molecule has 104 valence electrons.